The van der Waals surface area contributed by atoms with Crippen LogP contribution in [0.3, 0.4) is 0 Å². The number of nitrogens with zero attached hydrogens (tertiary/aromatic N) is 1. The molecule has 0 aromatic heterocycles. The van der Waals surface area contributed by atoms with Crippen LogP contribution in [0.5, 0.6) is 0 Å². The third-order valence-corrected chi connectivity index (χ3v) is 4.82. The van der Waals surface area contributed by atoms with E-state index in [0.717, 1.165) is 25.7 Å². The summed E-state index contributed by atoms with van der Waals surface area (Å²) in [6, 6.07) is 0.0950. The average molecular weight is 327 g/mol. The van der Waals surface area contributed by atoms with Crippen LogP contribution in [0.1, 0.15) is 73.1 Å². The van der Waals surface area contributed by atoms with Gasteiger partial charge in [0.1, 0.15) is 11.3 Å². The molecular weight excluding hydrogens is 294 g/mol. The number of hydrogen-bond acceptors (Lipinski definition) is 4. The van der Waals surface area contributed by atoms with Gasteiger partial charge in [-0.25, -0.2) is 4.79 Å². The van der Waals surface area contributed by atoms with Crippen LogP contribution in [-0.2, 0) is 14.2 Å². The van der Waals surface area contributed by atoms with E-state index in [1.165, 1.54) is 12.8 Å². The molecule has 0 bridgehead atoms. The maximum atomic E-state index is 12.5. The lowest BCUT2D eigenvalue weighted by Crippen LogP contribution is -2.49. The van der Waals surface area contributed by atoms with Crippen LogP contribution in [0.4, 0.5) is 4.79 Å². The van der Waals surface area contributed by atoms with Crippen LogP contribution in [0.2, 0.25) is 0 Å². The summed E-state index contributed by atoms with van der Waals surface area (Å²) in [5.74, 6) is 0. The highest BCUT2D eigenvalue weighted by Gasteiger charge is 2.46. The third kappa shape index (κ3) is 4.83. The van der Waals surface area contributed by atoms with Crippen LogP contribution in [0, 0.1) is 0 Å². The Morgan fingerprint density at radius 1 is 1.26 bits per heavy atom. The number of unbranched alkanes of at least 4 members (excludes halogenated alkanes) is 1. The Labute approximate surface area is 140 Å². The summed E-state index contributed by atoms with van der Waals surface area (Å²) in [5.41, 5.74) is -0.926. The van der Waals surface area contributed by atoms with Gasteiger partial charge in [0.15, 0.2) is 0 Å². The topological polar surface area (TPSA) is 48.0 Å². The SMILES string of the molecule is COC1(CCCCC2COC(C)(C)N2C(=O)OC(C)(C)C)CC1. The number of rotatable bonds is 6. The van der Waals surface area contributed by atoms with Crippen molar-refractivity contribution >= 4 is 6.09 Å². The lowest BCUT2D eigenvalue weighted by molar-refractivity contribution is -0.0627. The van der Waals surface area contributed by atoms with Crippen LogP contribution < -0.4 is 0 Å². The number of methoxy groups -OCH3 is 1. The second-order valence-corrected chi connectivity index (χ2v) is 8.39. The average Bonchev–Trinajstić information content (AvgIpc) is 3.12. The molecule has 0 radical (unpaired) electrons. The predicted octanol–water partition coefficient (Wildman–Crippen LogP) is 4.10. The van der Waals surface area contributed by atoms with Gasteiger partial charge in [0.05, 0.1) is 18.2 Å². The fraction of sp³-hybridized carbons (Fsp3) is 0.944. The fourth-order valence-corrected chi connectivity index (χ4v) is 3.30. The zero-order valence-corrected chi connectivity index (χ0v) is 15.6. The Hall–Kier alpha value is -0.810. The molecule has 2 fully saturated rings. The van der Waals surface area contributed by atoms with E-state index in [-0.39, 0.29) is 17.7 Å². The van der Waals surface area contributed by atoms with Crippen molar-refractivity contribution in [1.29, 1.82) is 0 Å². The van der Waals surface area contributed by atoms with Gasteiger partial charge >= 0.3 is 6.09 Å². The molecule has 5 heteroatoms. The highest BCUT2D eigenvalue weighted by Crippen LogP contribution is 2.43. The van der Waals surface area contributed by atoms with Gasteiger partial charge in [-0.1, -0.05) is 12.8 Å². The molecule has 1 saturated heterocycles. The first kappa shape index (κ1) is 18.5. The minimum absolute atomic E-state index is 0.0950. The predicted molar refractivity (Wildman–Crippen MR) is 89.3 cm³/mol. The first-order chi connectivity index (χ1) is 10.6. The minimum Gasteiger partial charge on any atom is -0.444 e. The summed E-state index contributed by atoms with van der Waals surface area (Å²) in [4.78, 5) is 14.3. The van der Waals surface area contributed by atoms with Crippen molar-refractivity contribution in [2.45, 2.75) is 96.1 Å². The van der Waals surface area contributed by atoms with Crippen LogP contribution in [0.25, 0.3) is 0 Å². The van der Waals surface area contributed by atoms with Gasteiger partial charge in [0, 0.05) is 7.11 Å². The first-order valence-corrected chi connectivity index (χ1v) is 8.80. The Morgan fingerprint density at radius 2 is 1.91 bits per heavy atom. The minimum atomic E-state index is -0.600. The largest absolute Gasteiger partial charge is 0.444 e. The van der Waals surface area contributed by atoms with Crippen molar-refractivity contribution in [2.24, 2.45) is 0 Å². The monoisotopic (exact) mass is 327 g/mol. The summed E-state index contributed by atoms with van der Waals surface area (Å²) >= 11 is 0. The smallest absolute Gasteiger partial charge is 0.412 e. The van der Waals surface area contributed by atoms with Crippen molar-refractivity contribution in [3.05, 3.63) is 0 Å². The quantitative estimate of drug-likeness (QED) is 0.689. The van der Waals surface area contributed by atoms with E-state index in [4.69, 9.17) is 14.2 Å². The summed E-state index contributed by atoms with van der Waals surface area (Å²) in [6.07, 6.45) is 6.37. The molecule has 1 unspecified atom stereocenters. The molecule has 0 aromatic carbocycles. The first-order valence-electron chi connectivity index (χ1n) is 8.80. The van der Waals surface area contributed by atoms with E-state index >= 15 is 0 Å². The zero-order valence-electron chi connectivity index (χ0n) is 15.6. The van der Waals surface area contributed by atoms with Crippen LogP contribution >= 0.6 is 0 Å². The molecule has 23 heavy (non-hydrogen) atoms. The highest BCUT2D eigenvalue weighted by molar-refractivity contribution is 5.69. The molecule has 1 atom stereocenters. The molecule has 1 aliphatic heterocycles. The van der Waals surface area contributed by atoms with Gasteiger partial charge < -0.3 is 14.2 Å². The van der Waals surface area contributed by atoms with Gasteiger partial charge in [-0.05, 0) is 60.3 Å². The van der Waals surface area contributed by atoms with Crippen molar-refractivity contribution in [1.82, 2.24) is 4.90 Å². The number of carbonyl (C=O) groups excluding carboxylic acids is 1. The van der Waals surface area contributed by atoms with Gasteiger partial charge in [0.25, 0.3) is 0 Å². The molecule has 2 rings (SSSR count). The summed E-state index contributed by atoms with van der Waals surface area (Å²) in [6.45, 7) is 10.1. The Bertz CT molecular complexity index is 423. The molecular formula is C18H33NO4. The van der Waals surface area contributed by atoms with Gasteiger partial charge in [-0.3, -0.25) is 4.90 Å². The molecule has 1 heterocycles. The normalized spacial score (nSPS) is 25.5. The molecule has 0 N–H and O–H groups in total. The maximum absolute atomic E-state index is 12.5. The lowest BCUT2D eigenvalue weighted by Gasteiger charge is -2.35. The highest BCUT2D eigenvalue weighted by atomic mass is 16.6. The number of hydrogen-bond donors (Lipinski definition) is 0. The fourth-order valence-electron chi connectivity index (χ4n) is 3.30. The van der Waals surface area contributed by atoms with E-state index in [2.05, 4.69) is 0 Å². The number of ether oxygens (including phenoxy) is 3. The molecule has 1 saturated carbocycles. The molecule has 134 valence electrons. The number of carbonyl (C=O) groups is 1. The van der Waals surface area contributed by atoms with E-state index in [0.29, 0.717) is 6.61 Å². The molecule has 1 amide bonds. The van der Waals surface area contributed by atoms with Crippen molar-refractivity contribution in [2.75, 3.05) is 13.7 Å². The summed E-state index contributed by atoms with van der Waals surface area (Å²) < 4.78 is 17.0. The summed E-state index contributed by atoms with van der Waals surface area (Å²) in [7, 11) is 1.81. The standard InChI is InChI=1S/C18H33NO4/c1-16(2,3)23-15(20)19-14(13-22-17(19,4)5)9-7-8-10-18(21-6)11-12-18/h14H,7-13H2,1-6H3. The second kappa shape index (κ2) is 6.60. The lowest BCUT2D eigenvalue weighted by atomic mass is 10.0. The molecule has 1 aliphatic carbocycles. The Morgan fingerprint density at radius 3 is 2.43 bits per heavy atom. The van der Waals surface area contributed by atoms with Crippen LogP contribution in [0.15, 0.2) is 0 Å². The zero-order chi connectivity index (χ0) is 17.3. The van der Waals surface area contributed by atoms with Crippen molar-refractivity contribution < 1.29 is 19.0 Å². The second-order valence-electron chi connectivity index (χ2n) is 8.39. The summed E-state index contributed by atoms with van der Waals surface area (Å²) in [5, 5.41) is 0. The Balaban J connectivity index is 1.85. The van der Waals surface area contributed by atoms with Gasteiger partial charge in [-0.2, -0.15) is 0 Å². The van der Waals surface area contributed by atoms with E-state index < -0.39 is 11.3 Å². The molecule has 2 aliphatic rings. The van der Waals surface area contributed by atoms with E-state index in [9.17, 15) is 4.79 Å². The third-order valence-electron chi connectivity index (χ3n) is 4.82. The molecule has 0 aromatic rings. The van der Waals surface area contributed by atoms with Crippen molar-refractivity contribution in [3.63, 3.8) is 0 Å². The van der Waals surface area contributed by atoms with E-state index in [1.807, 2.05) is 41.7 Å². The maximum Gasteiger partial charge on any atom is 0.412 e. The number of amides is 1. The van der Waals surface area contributed by atoms with Crippen molar-refractivity contribution in [3.8, 4) is 0 Å². The van der Waals surface area contributed by atoms with Gasteiger partial charge in [-0.15, -0.1) is 0 Å². The van der Waals surface area contributed by atoms with Crippen LogP contribution in [-0.4, -0.2) is 47.7 Å². The van der Waals surface area contributed by atoms with E-state index in [1.54, 1.807) is 4.90 Å². The molecule has 5 nitrogen and oxygen atoms in total. The Kier molecular flexibility index (Phi) is 5.31. The van der Waals surface area contributed by atoms with Gasteiger partial charge in [0.2, 0.25) is 0 Å². The molecule has 0 spiro atoms.